The Labute approximate surface area is 132 Å². The molecule has 0 atom stereocenters. The van der Waals surface area contributed by atoms with E-state index in [0.717, 1.165) is 0 Å². The van der Waals surface area contributed by atoms with Crippen LogP contribution in [0.1, 0.15) is 0 Å². The first-order valence-electron chi connectivity index (χ1n) is 5.80. The molecule has 21 heavy (non-hydrogen) atoms. The molecule has 0 amide bonds. The van der Waals surface area contributed by atoms with Crippen LogP contribution in [0.2, 0.25) is 0 Å². The van der Waals surface area contributed by atoms with E-state index in [2.05, 4.69) is 14.7 Å². The molecule has 0 aliphatic heterocycles. The Kier molecular flexibility index (Phi) is 4.96. The highest BCUT2D eigenvalue weighted by atomic mass is 32.2. The number of thioether (sulfide) groups is 2. The van der Waals surface area contributed by atoms with E-state index in [4.69, 9.17) is 5.73 Å². The number of nitrogens with two attached hydrogens (primary N) is 1. The normalized spacial score (nSPS) is 11.3. The second-order valence-corrected chi connectivity index (χ2v) is 7.24. The molecule has 0 aliphatic rings. The number of anilines is 2. The summed E-state index contributed by atoms with van der Waals surface area (Å²) in [6, 6.07) is 7.57. The first kappa shape index (κ1) is 15.9. The molecule has 0 unspecified atom stereocenters. The van der Waals surface area contributed by atoms with Crippen molar-refractivity contribution in [3.8, 4) is 0 Å². The molecule has 9 heteroatoms. The number of aromatic nitrogens is 2. The van der Waals surface area contributed by atoms with Crippen molar-refractivity contribution in [1.29, 1.82) is 0 Å². The number of hydrogen-bond acceptors (Lipinski definition) is 7. The molecule has 0 radical (unpaired) electrons. The average molecular weight is 342 g/mol. The SMILES string of the molecule is CSc1cc(NS(=O)(=O)c2ccc(N)cc2)nc(SC)n1. The van der Waals surface area contributed by atoms with Gasteiger partial charge in [-0.15, -0.1) is 11.8 Å². The number of hydrogen-bond donors (Lipinski definition) is 2. The monoisotopic (exact) mass is 342 g/mol. The van der Waals surface area contributed by atoms with Crippen LogP contribution in [-0.2, 0) is 10.0 Å². The fraction of sp³-hybridized carbons (Fsp3) is 0.167. The molecule has 1 aromatic heterocycles. The fourth-order valence-electron chi connectivity index (χ4n) is 1.50. The van der Waals surface area contributed by atoms with Crippen LogP contribution >= 0.6 is 23.5 Å². The van der Waals surface area contributed by atoms with Crippen molar-refractivity contribution >= 4 is 45.1 Å². The highest BCUT2D eigenvalue weighted by Crippen LogP contribution is 2.22. The Bertz CT molecular complexity index is 710. The van der Waals surface area contributed by atoms with Gasteiger partial charge in [0.25, 0.3) is 10.0 Å². The average Bonchev–Trinajstić information content (AvgIpc) is 2.46. The minimum atomic E-state index is -3.69. The third-order valence-electron chi connectivity index (χ3n) is 2.50. The predicted molar refractivity (Wildman–Crippen MR) is 87.3 cm³/mol. The Morgan fingerprint density at radius 2 is 1.76 bits per heavy atom. The van der Waals surface area contributed by atoms with Gasteiger partial charge in [-0.05, 0) is 36.8 Å². The van der Waals surface area contributed by atoms with Crippen LogP contribution < -0.4 is 10.5 Å². The van der Waals surface area contributed by atoms with E-state index < -0.39 is 10.0 Å². The number of sulfonamides is 1. The van der Waals surface area contributed by atoms with Crippen LogP contribution in [0.3, 0.4) is 0 Å². The molecule has 0 spiro atoms. The van der Waals surface area contributed by atoms with Gasteiger partial charge in [-0.1, -0.05) is 11.8 Å². The number of benzene rings is 1. The van der Waals surface area contributed by atoms with Crippen molar-refractivity contribution in [3.05, 3.63) is 30.3 Å². The van der Waals surface area contributed by atoms with Crippen molar-refractivity contribution in [1.82, 2.24) is 9.97 Å². The van der Waals surface area contributed by atoms with Gasteiger partial charge in [0.1, 0.15) is 10.8 Å². The summed E-state index contributed by atoms with van der Waals surface area (Å²) in [6.07, 6.45) is 3.70. The van der Waals surface area contributed by atoms with Crippen molar-refractivity contribution < 1.29 is 8.42 Å². The van der Waals surface area contributed by atoms with Crippen LogP contribution in [-0.4, -0.2) is 30.9 Å². The summed E-state index contributed by atoms with van der Waals surface area (Å²) in [4.78, 5) is 8.53. The lowest BCUT2D eigenvalue weighted by Crippen LogP contribution is -2.14. The molecule has 2 rings (SSSR count). The summed E-state index contributed by atoms with van der Waals surface area (Å²) >= 11 is 2.77. The second-order valence-electron chi connectivity index (χ2n) is 3.96. The third-order valence-corrected chi connectivity index (χ3v) is 5.05. The summed E-state index contributed by atoms with van der Waals surface area (Å²) < 4.78 is 27.0. The molecule has 2 aromatic rings. The number of nitrogens with one attached hydrogen (secondary N) is 1. The van der Waals surface area contributed by atoms with Crippen molar-refractivity contribution in [3.63, 3.8) is 0 Å². The van der Waals surface area contributed by atoms with Gasteiger partial charge < -0.3 is 5.73 Å². The third kappa shape index (κ3) is 4.02. The van der Waals surface area contributed by atoms with E-state index in [1.807, 2.05) is 12.5 Å². The first-order valence-corrected chi connectivity index (χ1v) is 9.73. The highest BCUT2D eigenvalue weighted by molar-refractivity contribution is 7.99. The maximum absolute atomic E-state index is 12.3. The summed E-state index contributed by atoms with van der Waals surface area (Å²) in [5.74, 6) is 0.246. The van der Waals surface area contributed by atoms with Gasteiger partial charge in [0.2, 0.25) is 0 Å². The van der Waals surface area contributed by atoms with Crippen molar-refractivity contribution in [2.24, 2.45) is 0 Å². The zero-order chi connectivity index (χ0) is 15.5. The lowest BCUT2D eigenvalue weighted by atomic mass is 10.3. The van der Waals surface area contributed by atoms with E-state index in [0.29, 0.717) is 15.9 Å². The van der Waals surface area contributed by atoms with Gasteiger partial charge in [0.05, 0.1) is 4.90 Å². The van der Waals surface area contributed by atoms with E-state index in [9.17, 15) is 8.42 Å². The number of nitrogens with zero attached hydrogens (tertiary/aromatic N) is 2. The molecule has 3 N–H and O–H groups in total. The number of rotatable bonds is 5. The Balaban J connectivity index is 2.34. The zero-order valence-electron chi connectivity index (χ0n) is 11.4. The quantitative estimate of drug-likeness (QED) is 0.372. The van der Waals surface area contributed by atoms with Crippen LogP contribution in [0.25, 0.3) is 0 Å². The molecule has 1 aromatic carbocycles. The Morgan fingerprint density at radius 1 is 1.10 bits per heavy atom. The van der Waals surface area contributed by atoms with Crippen LogP contribution in [0.4, 0.5) is 11.5 Å². The van der Waals surface area contributed by atoms with Crippen LogP contribution in [0, 0.1) is 0 Å². The van der Waals surface area contributed by atoms with Gasteiger partial charge in [0, 0.05) is 11.8 Å². The number of nitrogen functional groups attached to an aromatic ring is 1. The van der Waals surface area contributed by atoms with E-state index >= 15 is 0 Å². The second kappa shape index (κ2) is 6.54. The molecule has 0 bridgehead atoms. The van der Waals surface area contributed by atoms with Crippen molar-refractivity contribution in [2.75, 3.05) is 23.0 Å². The highest BCUT2D eigenvalue weighted by Gasteiger charge is 2.16. The lowest BCUT2D eigenvalue weighted by Gasteiger charge is -2.09. The van der Waals surface area contributed by atoms with E-state index in [-0.39, 0.29) is 10.7 Å². The van der Waals surface area contributed by atoms with Gasteiger partial charge in [0.15, 0.2) is 5.16 Å². The molecular weight excluding hydrogens is 328 g/mol. The van der Waals surface area contributed by atoms with Gasteiger partial charge >= 0.3 is 0 Å². The molecule has 112 valence electrons. The first-order chi connectivity index (χ1) is 9.94. The molecule has 0 saturated heterocycles. The van der Waals surface area contributed by atoms with Gasteiger partial charge in [-0.25, -0.2) is 18.4 Å². The standard InChI is InChI=1S/C12H14N4O2S3/c1-19-11-7-10(14-12(15-11)20-2)16-21(17,18)9-5-3-8(13)4-6-9/h3-7H,13H2,1-2H3,(H,14,15,16). The molecule has 1 heterocycles. The van der Waals surface area contributed by atoms with Crippen LogP contribution in [0.15, 0.2) is 45.4 Å². The minimum absolute atomic E-state index is 0.131. The summed E-state index contributed by atoms with van der Waals surface area (Å²) in [5, 5.41) is 1.21. The molecular formula is C12H14N4O2S3. The van der Waals surface area contributed by atoms with Crippen molar-refractivity contribution in [2.45, 2.75) is 15.1 Å². The Morgan fingerprint density at radius 3 is 2.33 bits per heavy atom. The fourth-order valence-corrected chi connectivity index (χ4v) is 3.33. The molecule has 0 saturated carbocycles. The van der Waals surface area contributed by atoms with E-state index in [1.165, 1.54) is 47.8 Å². The lowest BCUT2D eigenvalue weighted by molar-refractivity contribution is 0.601. The largest absolute Gasteiger partial charge is 0.399 e. The molecule has 0 fully saturated rings. The maximum atomic E-state index is 12.3. The van der Waals surface area contributed by atoms with Crippen LogP contribution in [0.5, 0.6) is 0 Å². The smallest absolute Gasteiger partial charge is 0.263 e. The summed E-state index contributed by atoms with van der Waals surface area (Å²) in [6.45, 7) is 0. The molecule has 0 aliphatic carbocycles. The zero-order valence-corrected chi connectivity index (χ0v) is 13.8. The summed E-state index contributed by atoms with van der Waals surface area (Å²) in [7, 11) is -3.69. The molecule has 6 nitrogen and oxygen atoms in total. The summed E-state index contributed by atoms with van der Waals surface area (Å²) in [5.41, 5.74) is 6.06. The predicted octanol–water partition coefficient (Wildman–Crippen LogP) is 2.30. The van der Waals surface area contributed by atoms with E-state index in [1.54, 1.807) is 6.07 Å². The minimum Gasteiger partial charge on any atom is -0.399 e. The van der Waals surface area contributed by atoms with Gasteiger partial charge in [-0.2, -0.15) is 0 Å². The topological polar surface area (TPSA) is 98.0 Å². The maximum Gasteiger partial charge on any atom is 0.263 e. The Hall–Kier alpha value is -1.45. The van der Waals surface area contributed by atoms with Gasteiger partial charge in [-0.3, -0.25) is 4.72 Å².